The Hall–Kier alpha value is -2.58. The van der Waals surface area contributed by atoms with Crippen LogP contribution in [0.15, 0.2) is 60.7 Å². The van der Waals surface area contributed by atoms with Crippen LogP contribution in [0.5, 0.6) is 5.75 Å². The molecule has 1 aliphatic rings. The summed E-state index contributed by atoms with van der Waals surface area (Å²) >= 11 is 0. The summed E-state index contributed by atoms with van der Waals surface area (Å²) in [6.45, 7) is 4.68. The minimum absolute atomic E-state index is 0.0155. The fourth-order valence-electron chi connectivity index (χ4n) is 3.94. The molecule has 0 aliphatic heterocycles. The molecule has 0 heterocycles. The van der Waals surface area contributed by atoms with Gasteiger partial charge in [-0.05, 0) is 45.7 Å². The molecule has 2 heteroatoms. The number of hydrogen-bond donors (Lipinski definition) is 1. The second-order valence-corrected chi connectivity index (χ2v) is 7.12. The number of hydrogen-bond acceptors (Lipinski definition) is 2. The highest BCUT2D eigenvalue weighted by atomic mass is 16.5. The van der Waals surface area contributed by atoms with Crippen LogP contribution >= 0.6 is 0 Å². The van der Waals surface area contributed by atoms with Crippen molar-refractivity contribution in [3.63, 3.8) is 0 Å². The number of fused-ring (bicyclic) bond motifs is 3. The van der Waals surface area contributed by atoms with Gasteiger partial charge < -0.3 is 9.84 Å². The van der Waals surface area contributed by atoms with Crippen molar-refractivity contribution in [3.8, 4) is 28.0 Å². The summed E-state index contributed by atoms with van der Waals surface area (Å²) in [7, 11) is 0. The molecule has 0 saturated carbocycles. The van der Waals surface area contributed by atoms with E-state index in [-0.39, 0.29) is 6.61 Å². The van der Waals surface area contributed by atoms with Crippen molar-refractivity contribution in [1.29, 1.82) is 0 Å². The lowest BCUT2D eigenvalue weighted by Crippen LogP contribution is -2.06. The first-order valence-corrected chi connectivity index (χ1v) is 9.27. The van der Waals surface area contributed by atoms with Crippen molar-refractivity contribution in [2.45, 2.75) is 26.2 Å². The van der Waals surface area contributed by atoms with Gasteiger partial charge in [0.2, 0.25) is 0 Å². The van der Waals surface area contributed by atoms with Gasteiger partial charge in [0.25, 0.3) is 0 Å². The van der Waals surface area contributed by atoms with Crippen molar-refractivity contribution >= 4 is 0 Å². The average molecular weight is 344 g/mol. The summed E-state index contributed by atoms with van der Waals surface area (Å²) in [6, 6.07) is 21.6. The van der Waals surface area contributed by atoms with E-state index in [2.05, 4.69) is 74.5 Å². The minimum Gasteiger partial charge on any atom is -0.490 e. The van der Waals surface area contributed by atoms with Crippen LogP contribution in [0.3, 0.4) is 0 Å². The molecule has 26 heavy (non-hydrogen) atoms. The monoisotopic (exact) mass is 344 g/mol. The number of aliphatic hydroxyl groups excluding tert-OH is 1. The number of ether oxygens (including phenoxy) is 1. The second kappa shape index (κ2) is 6.97. The molecule has 0 amide bonds. The van der Waals surface area contributed by atoms with Crippen LogP contribution in [0.4, 0.5) is 0 Å². The molecule has 0 spiro atoms. The van der Waals surface area contributed by atoms with Crippen LogP contribution in [0, 0.1) is 0 Å². The van der Waals surface area contributed by atoms with E-state index < -0.39 is 0 Å². The Kier molecular flexibility index (Phi) is 4.52. The molecular formula is C24H24O2. The van der Waals surface area contributed by atoms with Gasteiger partial charge in [-0.2, -0.15) is 0 Å². The molecule has 3 aromatic carbocycles. The number of aliphatic hydroxyl groups is 1. The van der Waals surface area contributed by atoms with Crippen LogP contribution in [0.25, 0.3) is 22.3 Å². The Morgan fingerprint density at radius 3 is 2.35 bits per heavy atom. The molecule has 4 rings (SSSR count). The van der Waals surface area contributed by atoms with E-state index in [0.29, 0.717) is 12.5 Å². The largest absolute Gasteiger partial charge is 0.490 e. The summed E-state index contributed by atoms with van der Waals surface area (Å²) in [5, 5.41) is 9.28. The van der Waals surface area contributed by atoms with Crippen LogP contribution < -0.4 is 4.74 Å². The predicted octanol–water partition coefficient (Wildman–Crippen LogP) is 5.42. The molecule has 0 fully saturated rings. The van der Waals surface area contributed by atoms with E-state index in [0.717, 1.165) is 17.7 Å². The van der Waals surface area contributed by atoms with Crippen molar-refractivity contribution in [2.75, 3.05) is 13.2 Å². The van der Waals surface area contributed by atoms with Crippen LogP contribution in [-0.2, 0) is 6.42 Å². The molecule has 0 unspecified atom stereocenters. The molecule has 2 nitrogen and oxygen atoms in total. The molecule has 0 bridgehead atoms. The van der Waals surface area contributed by atoms with E-state index in [9.17, 15) is 5.11 Å². The standard InChI is InChI=1S/C24H24O2/c1-16(2)19-10-6-12-22(24(19)26-14-13-25)21-11-5-8-18-15-17-7-3-4-9-20(17)23(18)21/h3-12,16,25H,13-15H2,1-2H3. The highest BCUT2D eigenvalue weighted by Gasteiger charge is 2.24. The third-order valence-electron chi connectivity index (χ3n) is 5.11. The maximum Gasteiger partial charge on any atom is 0.130 e. The minimum atomic E-state index is 0.0155. The van der Waals surface area contributed by atoms with Crippen LogP contribution in [-0.4, -0.2) is 18.3 Å². The topological polar surface area (TPSA) is 29.5 Å². The zero-order valence-electron chi connectivity index (χ0n) is 15.3. The zero-order valence-corrected chi connectivity index (χ0v) is 15.3. The smallest absolute Gasteiger partial charge is 0.130 e. The molecule has 1 aliphatic carbocycles. The summed E-state index contributed by atoms with van der Waals surface area (Å²) in [6.07, 6.45) is 0.982. The quantitative estimate of drug-likeness (QED) is 0.524. The van der Waals surface area contributed by atoms with Crippen LogP contribution in [0.1, 0.15) is 36.5 Å². The van der Waals surface area contributed by atoms with Crippen LogP contribution in [0.2, 0.25) is 0 Å². The summed E-state index contributed by atoms with van der Waals surface area (Å²) in [5.41, 5.74) is 8.89. The fraction of sp³-hybridized carbons (Fsp3) is 0.250. The first kappa shape index (κ1) is 16.9. The molecule has 132 valence electrons. The average Bonchev–Trinajstić information content (AvgIpc) is 3.04. The first-order chi connectivity index (χ1) is 12.7. The summed E-state index contributed by atoms with van der Waals surface area (Å²) in [4.78, 5) is 0. The van der Waals surface area contributed by atoms with Gasteiger partial charge in [0, 0.05) is 5.56 Å². The third kappa shape index (κ3) is 2.81. The van der Waals surface area contributed by atoms with E-state index in [1.807, 2.05) is 0 Å². The molecule has 1 N–H and O–H groups in total. The number of benzene rings is 3. The van der Waals surface area contributed by atoms with Gasteiger partial charge in [0.15, 0.2) is 0 Å². The highest BCUT2D eigenvalue weighted by molar-refractivity contribution is 5.92. The van der Waals surface area contributed by atoms with Gasteiger partial charge in [-0.3, -0.25) is 0 Å². The summed E-state index contributed by atoms with van der Waals surface area (Å²) in [5.74, 6) is 1.25. The maximum atomic E-state index is 9.28. The van der Waals surface area contributed by atoms with Gasteiger partial charge >= 0.3 is 0 Å². The number of para-hydroxylation sites is 1. The third-order valence-corrected chi connectivity index (χ3v) is 5.11. The Morgan fingerprint density at radius 1 is 0.846 bits per heavy atom. The predicted molar refractivity (Wildman–Crippen MR) is 107 cm³/mol. The van der Waals surface area contributed by atoms with E-state index in [4.69, 9.17) is 4.74 Å². The molecule has 0 radical (unpaired) electrons. The van der Waals surface area contributed by atoms with E-state index >= 15 is 0 Å². The Balaban J connectivity index is 1.94. The Labute approximate surface area is 155 Å². The van der Waals surface area contributed by atoms with Gasteiger partial charge in [0.05, 0.1) is 6.61 Å². The Bertz CT molecular complexity index is 941. The van der Waals surface area contributed by atoms with E-state index in [1.54, 1.807) is 0 Å². The van der Waals surface area contributed by atoms with Gasteiger partial charge in [-0.1, -0.05) is 74.5 Å². The molecular weight excluding hydrogens is 320 g/mol. The van der Waals surface area contributed by atoms with Gasteiger partial charge in [-0.15, -0.1) is 0 Å². The number of rotatable bonds is 5. The highest BCUT2D eigenvalue weighted by Crippen LogP contribution is 2.46. The summed E-state index contributed by atoms with van der Waals surface area (Å²) < 4.78 is 6.03. The lowest BCUT2D eigenvalue weighted by Gasteiger charge is -2.19. The first-order valence-electron chi connectivity index (χ1n) is 9.27. The Morgan fingerprint density at radius 2 is 1.54 bits per heavy atom. The molecule has 0 saturated heterocycles. The van der Waals surface area contributed by atoms with Crippen molar-refractivity contribution in [3.05, 3.63) is 77.4 Å². The normalized spacial score (nSPS) is 12.2. The second-order valence-electron chi connectivity index (χ2n) is 7.12. The molecule has 3 aromatic rings. The van der Waals surface area contributed by atoms with Crippen molar-refractivity contribution in [1.82, 2.24) is 0 Å². The fourth-order valence-corrected chi connectivity index (χ4v) is 3.94. The van der Waals surface area contributed by atoms with E-state index in [1.165, 1.54) is 33.4 Å². The molecule has 0 atom stereocenters. The zero-order chi connectivity index (χ0) is 18.1. The SMILES string of the molecule is CC(C)c1cccc(-c2cccc3c2-c2ccccc2C3)c1OCCO. The maximum absolute atomic E-state index is 9.28. The van der Waals surface area contributed by atoms with Crippen molar-refractivity contribution < 1.29 is 9.84 Å². The molecule has 0 aromatic heterocycles. The lowest BCUT2D eigenvalue weighted by molar-refractivity contribution is 0.200. The van der Waals surface area contributed by atoms with Gasteiger partial charge in [-0.25, -0.2) is 0 Å². The van der Waals surface area contributed by atoms with Gasteiger partial charge in [0.1, 0.15) is 12.4 Å². The lowest BCUT2D eigenvalue weighted by atomic mass is 9.90. The van der Waals surface area contributed by atoms with Crippen molar-refractivity contribution in [2.24, 2.45) is 0 Å².